The Kier molecular flexibility index (Phi) is 4.48. The van der Waals surface area contributed by atoms with Gasteiger partial charge in [-0.2, -0.15) is 0 Å². The minimum atomic E-state index is 0.160. The number of nitrogens with zero attached hydrogens (tertiary/aromatic N) is 2. The van der Waals surface area contributed by atoms with Crippen LogP contribution >= 0.6 is 11.3 Å². The van der Waals surface area contributed by atoms with E-state index in [-0.39, 0.29) is 5.56 Å². The number of hydrogen-bond donors (Lipinski definition) is 0. The highest BCUT2D eigenvalue weighted by atomic mass is 32.1. The summed E-state index contributed by atoms with van der Waals surface area (Å²) in [5.74, 6) is 0. The molecule has 4 rings (SSSR count). The first-order valence-electron chi connectivity index (χ1n) is 8.86. The fraction of sp³-hybridized carbons (Fsp3) is 0.400. The summed E-state index contributed by atoms with van der Waals surface area (Å²) in [5.41, 5.74) is 2.78. The fourth-order valence-corrected chi connectivity index (χ4v) is 4.83. The van der Waals surface area contributed by atoms with Crippen LogP contribution in [-0.4, -0.2) is 9.55 Å². The molecule has 0 amide bonds. The molecule has 0 unspecified atom stereocenters. The summed E-state index contributed by atoms with van der Waals surface area (Å²) < 4.78 is 1.81. The summed E-state index contributed by atoms with van der Waals surface area (Å²) in [6.07, 6.45) is 9.56. The third-order valence-corrected chi connectivity index (χ3v) is 6.10. The van der Waals surface area contributed by atoms with Crippen LogP contribution in [0.2, 0.25) is 0 Å². The maximum Gasteiger partial charge on any atom is 0.262 e. The van der Waals surface area contributed by atoms with E-state index in [1.54, 1.807) is 17.7 Å². The molecule has 124 valence electrons. The van der Waals surface area contributed by atoms with Crippen LogP contribution < -0.4 is 5.56 Å². The Morgan fingerprint density at radius 1 is 1.08 bits per heavy atom. The van der Waals surface area contributed by atoms with Gasteiger partial charge in [0.25, 0.3) is 5.56 Å². The van der Waals surface area contributed by atoms with Gasteiger partial charge in [-0.25, -0.2) is 4.98 Å². The van der Waals surface area contributed by atoms with Crippen molar-refractivity contribution in [2.75, 3.05) is 0 Å². The van der Waals surface area contributed by atoms with Crippen molar-refractivity contribution >= 4 is 21.6 Å². The molecule has 2 aromatic heterocycles. The second-order valence-electron chi connectivity index (χ2n) is 6.58. The van der Waals surface area contributed by atoms with Crippen LogP contribution in [0.5, 0.6) is 0 Å². The number of fused-ring (bicyclic) bond motifs is 3. The Hall–Kier alpha value is -1.94. The summed E-state index contributed by atoms with van der Waals surface area (Å²) in [6, 6.07) is 10.4. The van der Waals surface area contributed by atoms with Crippen LogP contribution in [0.4, 0.5) is 0 Å². The summed E-state index contributed by atoms with van der Waals surface area (Å²) in [5, 5.41) is 0.902. The van der Waals surface area contributed by atoms with E-state index in [0.717, 1.165) is 42.4 Å². The molecule has 2 heterocycles. The highest BCUT2D eigenvalue weighted by molar-refractivity contribution is 7.18. The van der Waals surface area contributed by atoms with Crippen molar-refractivity contribution in [1.82, 2.24) is 9.55 Å². The normalized spacial score (nSPS) is 14.5. The van der Waals surface area contributed by atoms with Gasteiger partial charge in [0.1, 0.15) is 4.83 Å². The van der Waals surface area contributed by atoms with Gasteiger partial charge < -0.3 is 0 Å². The van der Waals surface area contributed by atoms with E-state index in [2.05, 4.69) is 29.2 Å². The third-order valence-electron chi connectivity index (χ3n) is 4.90. The number of aromatic nitrogens is 2. The lowest BCUT2D eigenvalue weighted by Gasteiger charge is -2.06. The lowest BCUT2D eigenvalue weighted by molar-refractivity contribution is 0.617. The van der Waals surface area contributed by atoms with Crippen molar-refractivity contribution in [2.45, 2.75) is 51.5 Å². The van der Waals surface area contributed by atoms with Crippen LogP contribution in [0.1, 0.15) is 41.7 Å². The predicted molar refractivity (Wildman–Crippen MR) is 99.9 cm³/mol. The highest BCUT2D eigenvalue weighted by Gasteiger charge is 2.18. The zero-order valence-corrected chi connectivity index (χ0v) is 14.6. The number of rotatable bonds is 4. The minimum Gasteiger partial charge on any atom is -0.299 e. The molecule has 0 saturated heterocycles. The molecule has 24 heavy (non-hydrogen) atoms. The summed E-state index contributed by atoms with van der Waals surface area (Å²) in [6.45, 7) is 0.737. The van der Waals surface area contributed by atoms with Crippen molar-refractivity contribution in [1.29, 1.82) is 0 Å². The van der Waals surface area contributed by atoms with E-state index >= 15 is 0 Å². The van der Waals surface area contributed by atoms with Gasteiger partial charge in [0.2, 0.25) is 0 Å². The van der Waals surface area contributed by atoms with Gasteiger partial charge in [-0.15, -0.1) is 11.3 Å². The largest absolute Gasteiger partial charge is 0.299 e. The van der Waals surface area contributed by atoms with Crippen LogP contribution in [0.15, 0.2) is 41.5 Å². The first-order valence-corrected chi connectivity index (χ1v) is 9.68. The van der Waals surface area contributed by atoms with Gasteiger partial charge in [0, 0.05) is 11.4 Å². The molecule has 1 aliphatic carbocycles. The maximum absolute atomic E-state index is 12.9. The maximum atomic E-state index is 12.9. The first kappa shape index (κ1) is 15.6. The van der Waals surface area contributed by atoms with Crippen molar-refractivity contribution in [3.8, 4) is 0 Å². The SMILES string of the molecule is O=c1c2c3c(sc2ncn1CCCc1ccccc1)CCCCC3. The third kappa shape index (κ3) is 3.03. The summed E-state index contributed by atoms with van der Waals surface area (Å²) in [7, 11) is 0. The predicted octanol–water partition coefficient (Wildman–Crippen LogP) is 4.36. The Labute approximate surface area is 146 Å². The van der Waals surface area contributed by atoms with Crippen molar-refractivity contribution in [3.63, 3.8) is 0 Å². The molecule has 0 radical (unpaired) electrons. The lowest BCUT2D eigenvalue weighted by atomic mass is 10.1. The Bertz CT molecular complexity index is 895. The minimum absolute atomic E-state index is 0.160. The van der Waals surface area contributed by atoms with Gasteiger partial charge in [-0.05, 0) is 49.7 Å². The zero-order chi connectivity index (χ0) is 16.4. The van der Waals surface area contributed by atoms with Crippen LogP contribution in [-0.2, 0) is 25.8 Å². The van der Waals surface area contributed by atoms with Gasteiger partial charge >= 0.3 is 0 Å². The van der Waals surface area contributed by atoms with E-state index in [9.17, 15) is 4.79 Å². The Balaban J connectivity index is 1.59. The lowest BCUT2D eigenvalue weighted by Crippen LogP contribution is -2.21. The summed E-state index contributed by atoms with van der Waals surface area (Å²) >= 11 is 1.73. The first-order chi connectivity index (χ1) is 11.8. The van der Waals surface area contributed by atoms with E-state index in [1.807, 2.05) is 10.6 Å². The average Bonchev–Trinajstić information content (AvgIpc) is 2.80. The number of thiophene rings is 1. The van der Waals surface area contributed by atoms with Gasteiger partial charge in [-0.3, -0.25) is 9.36 Å². The molecule has 0 aliphatic heterocycles. The summed E-state index contributed by atoms with van der Waals surface area (Å²) in [4.78, 5) is 19.9. The Morgan fingerprint density at radius 2 is 1.92 bits per heavy atom. The quantitative estimate of drug-likeness (QED) is 0.663. The van der Waals surface area contributed by atoms with E-state index in [0.29, 0.717) is 0 Å². The second-order valence-corrected chi connectivity index (χ2v) is 7.66. The molecule has 3 nitrogen and oxygen atoms in total. The van der Waals surface area contributed by atoms with Gasteiger partial charge in [0.15, 0.2) is 0 Å². The molecule has 0 spiro atoms. The molecule has 0 atom stereocenters. The Morgan fingerprint density at radius 3 is 2.79 bits per heavy atom. The number of benzene rings is 1. The molecule has 3 aromatic rings. The monoisotopic (exact) mass is 338 g/mol. The number of hydrogen-bond acceptors (Lipinski definition) is 3. The van der Waals surface area contributed by atoms with Crippen molar-refractivity contribution in [2.24, 2.45) is 0 Å². The average molecular weight is 338 g/mol. The molecule has 4 heteroatoms. The fourth-order valence-electron chi connectivity index (χ4n) is 3.62. The van der Waals surface area contributed by atoms with Crippen LogP contribution in [0, 0.1) is 0 Å². The number of aryl methyl sites for hydroxylation is 4. The molecule has 0 saturated carbocycles. The van der Waals surface area contributed by atoms with Crippen LogP contribution in [0.3, 0.4) is 0 Å². The van der Waals surface area contributed by atoms with Crippen molar-refractivity contribution in [3.05, 3.63) is 63.0 Å². The highest BCUT2D eigenvalue weighted by Crippen LogP contribution is 2.32. The molecular weight excluding hydrogens is 316 g/mol. The standard InChI is InChI=1S/C20H22N2OS/c23-20-18-16-11-5-2-6-12-17(16)24-19(18)21-14-22(20)13-7-10-15-8-3-1-4-9-15/h1,3-4,8-9,14H,2,5-7,10-13H2. The molecule has 0 N–H and O–H groups in total. The van der Waals surface area contributed by atoms with Gasteiger partial charge in [-0.1, -0.05) is 36.8 Å². The van der Waals surface area contributed by atoms with Gasteiger partial charge in [0.05, 0.1) is 11.7 Å². The second kappa shape index (κ2) is 6.89. The van der Waals surface area contributed by atoms with Crippen molar-refractivity contribution < 1.29 is 0 Å². The molecule has 0 fully saturated rings. The molecule has 1 aliphatic rings. The molecule has 0 bridgehead atoms. The van der Waals surface area contributed by atoms with E-state index in [4.69, 9.17) is 0 Å². The van der Waals surface area contributed by atoms with E-state index in [1.165, 1.54) is 35.3 Å². The molecule has 1 aromatic carbocycles. The van der Waals surface area contributed by atoms with Crippen LogP contribution in [0.25, 0.3) is 10.2 Å². The zero-order valence-electron chi connectivity index (χ0n) is 13.8. The van der Waals surface area contributed by atoms with E-state index < -0.39 is 0 Å². The smallest absolute Gasteiger partial charge is 0.262 e. The topological polar surface area (TPSA) is 34.9 Å². The molecular formula is C20H22N2OS.